The van der Waals surface area contributed by atoms with E-state index < -0.39 is 0 Å². The number of hydrogen-bond acceptors (Lipinski definition) is 2. The van der Waals surface area contributed by atoms with E-state index in [1.54, 1.807) is 0 Å². The van der Waals surface area contributed by atoms with E-state index in [-0.39, 0.29) is 5.41 Å². The van der Waals surface area contributed by atoms with E-state index in [1.807, 2.05) is 19.4 Å². The molecule has 0 saturated carbocycles. The predicted molar refractivity (Wildman–Crippen MR) is 49.9 cm³/mol. The highest BCUT2D eigenvalue weighted by Gasteiger charge is 2.23. The molecule has 0 bridgehead atoms. The van der Waals surface area contributed by atoms with E-state index in [1.165, 1.54) is 0 Å². The zero-order valence-electron chi connectivity index (χ0n) is 8.04. The second-order valence-electron chi connectivity index (χ2n) is 3.78. The minimum atomic E-state index is 0.0903. The van der Waals surface area contributed by atoms with Gasteiger partial charge in [0.05, 0.1) is 0 Å². The van der Waals surface area contributed by atoms with Crippen molar-refractivity contribution in [3.63, 3.8) is 0 Å². The third kappa shape index (κ3) is 1.67. The van der Waals surface area contributed by atoms with Crippen LogP contribution in [0.15, 0.2) is 12.4 Å². The highest BCUT2D eigenvalue weighted by Crippen LogP contribution is 2.23. The maximum Gasteiger partial charge on any atom is 0.114 e. The van der Waals surface area contributed by atoms with Crippen LogP contribution in [0, 0.1) is 0 Å². The van der Waals surface area contributed by atoms with Gasteiger partial charge in [-0.3, -0.25) is 0 Å². The molecule has 68 valence electrons. The summed E-state index contributed by atoms with van der Waals surface area (Å²) >= 11 is 0. The summed E-state index contributed by atoms with van der Waals surface area (Å²) in [6.07, 6.45) is 4.76. The molecular formula is C9H17N3. The largest absolute Gasteiger partial charge is 0.338 e. The quantitative estimate of drug-likeness (QED) is 0.731. The maximum atomic E-state index is 5.53. The minimum absolute atomic E-state index is 0.0903. The average molecular weight is 167 g/mol. The van der Waals surface area contributed by atoms with Crippen molar-refractivity contribution < 1.29 is 0 Å². The van der Waals surface area contributed by atoms with Crippen LogP contribution in [0.2, 0.25) is 0 Å². The highest BCUT2D eigenvalue weighted by molar-refractivity contribution is 5.06. The first kappa shape index (κ1) is 9.26. The van der Waals surface area contributed by atoms with Gasteiger partial charge in [-0.2, -0.15) is 0 Å². The lowest BCUT2D eigenvalue weighted by atomic mass is 9.88. The molecular weight excluding hydrogens is 150 g/mol. The third-order valence-corrected chi connectivity index (χ3v) is 2.20. The molecule has 1 rings (SSSR count). The number of nitrogens with zero attached hydrogens (tertiary/aromatic N) is 2. The lowest BCUT2D eigenvalue weighted by Gasteiger charge is -2.22. The summed E-state index contributed by atoms with van der Waals surface area (Å²) in [7, 11) is 2.01. The van der Waals surface area contributed by atoms with E-state index in [4.69, 9.17) is 5.73 Å². The van der Waals surface area contributed by atoms with E-state index in [0.29, 0.717) is 6.54 Å². The third-order valence-electron chi connectivity index (χ3n) is 2.20. The molecule has 0 atom stereocenters. The van der Waals surface area contributed by atoms with E-state index in [0.717, 1.165) is 12.2 Å². The molecule has 0 aromatic carbocycles. The highest BCUT2D eigenvalue weighted by atomic mass is 15.0. The number of aromatic nitrogens is 2. The topological polar surface area (TPSA) is 43.8 Å². The zero-order valence-corrected chi connectivity index (χ0v) is 8.04. The number of rotatable bonds is 3. The van der Waals surface area contributed by atoms with Crippen molar-refractivity contribution in [1.82, 2.24) is 9.55 Å². The van der Waals surface area contributed by atoms with Gasteiger partial charge in [0.2, 0.25) is 0 Å². The van der Waals surface area contributed by atoms with Crippen LogP contribution in [0.5, 0.6) is 0 Å². The number of aryl methyl sites for hydroxylation is 1. The summed E-state index contributed by atoms with van der Waals surface area (Å²) in [4.78, 5) is 4.31. The fraction of sp³-hybridized carbons (Fsp3) is 0.667. The van der Waals surface area contributed by atoms with Crippen LogP contribution in [-0.4, -0.2) is 16.1 Å². The van der Waals surface area contributed by atoms with Gasteiger partial charge in [-0.05, 0) is 13.0 Å². The van der Waals surface area contributed by atoms with E-state index in [2.05, 4.69) is 23.4 Å². The van der Waals surface area contributed by atoms with Crippen molar-refractivity contribution >= 4 is 0 Å². The van der Waals surface area contributed by atoms with Crippen LogP contribution in [0.4, 0.5) is 0 Å². The zero-order chi connectivity index (χ0) is 9.19. The Balaban J connectivity index is 2.88. The SMILES string of the molecule is Cn1ccnc1C(C)(C)CCN. The molecule has 0 amide bonds. The molecule has 2 N–H and O–H groups in total. The molecule has 0 saturated heterocycles. The van der Waals surface area contributed by atoms with Crippen molar-refractivity contribution in [2.75, 3.05) is 6.54 Å². The molecule has 0 radical (unpaired) electrons. The molecule has 12 heavy (non-hydrogen) atoms. The summed E-state index contributed by atoms with van der Waals surface area (Å²) in [5.41, 5.74) is 5.62. The van der Waals surface area contributed by atoms with Gasteiger partial charge in [0.25, 0.3) is 0 Å². The second kappa shape index (κ2) is 3.27. The normalized spacial score (nSPS) is 12.0. The van der Waals surface area contributed by atoms with Crippen LogP contribution in [0.1, 0.15) is 26.1 Å². The molecule has 1 aromatic rings. The summed E-state index contributed by atoms with van der Waals surface area (Å²) in [6, 6.07) is 0. The Kier molecular flexibility index (Phi) is 2.52. The van der Waals surface area contributed by atoms with Crippen LogP contribution in [0.25, 0.3) is 0 Å². The Labute approximate surface area is 73.6 Å². The van der Waals surface area contributed by atoms with Gasteiger partial charge in [0, 0.05) is 24.9 Å². The molecule has 0 aliphatic carbocycles. The van der Waals surface area contributed by atoms with Gasteiger partial charge < -0.3 is 10.3 Å². The lowest BCUT2D eigenvalue weighted by Crippen LogP contribution is -2.25. The molecule has 1 aromatic heterocycles. The number of imidazole rings is 1. The molecule has 3 heteroatoms. The summed E-state index contributed by atoms with van der Waals surface area (Å²) in [6.45, 7) is 5.05. The maximum absolute atomic E-state index is 5.53. The summed E-state index contributed by atoms with van der Waals surface area (Å²) in [5.74, 6) is 1.10. The molecule has 3 nitrogen and oxygen atoms in total. The first-order valence-electron chi connectivity index (χ1n) is 4.26. The Morgan fingerprint density at radius 3 is 2.67 bits per heavy atom. The molecule has 1 heterocycles. The van der Waals surface area contributed by atoms with Crippen molar-refractivity contribution in [3.8, 4) is 0 Å². The Bertz CT molecular complexity index is 250. The van der Waals surface area contributed by atoms with Gasteiger partial charge in [-0.25, -0.2) is 4.98 Å². The van der Waals surface area contributed by atoms with Crippen molar-refractivity contribution in [1.29, 1.82) is 0 Å². The van der Waals surface area contributed by atoms with Crippen LogP contribution >= 0.6 is 0 Å². The van der Waals surface area contributed by atoms with Crippen molar-refractivity contribution in [2.45, 2.75) is 25.7 Å². The fourth-order valence-electron chi connectivity index (χ4n) is 1.49. The second-order valence-corrected chi connectivity index (χ2v) is 3.78. The van der Waals surface area contributed by atoms with Gasteiger partial charge in [0.15, 0.2) is 0 Å². The van der Waals surface area contributed by atoms with Gasteiger partial charge >= 0.3 is 0 Å². The smallest absolute Gasteiger partial charge is 0.114 e. The number of nitrogens with two attached hydrogens (primary N) is 1. The van der Waals surface area contributed by atoms with Crippen molar-refractivity contribution in [3.05, 3.63) is 18.2 Å². The van der Waals surface area contributed by atoms with E-state index >= 15 is 0 Å². The first-order valence-corrected chi connectivity index (χ1v) is 4.26. The minimum Gasteiger partial charge on any atom is -0.338 e. The van der Waals surface area contributed by atoms with Crippen LogP contribution in [0.3, 0.4) is 0 Å². The molecule has 0 spiro atoms. The van der Waals surface area contributed by atoms with Gasteiger partial charge in [0.1, 0.15) is 5.82 Å². The Morgan fingerprint density at radius 1 is 1.58 bits per heavy atom. The first-order chi connectivity index (χ1) is 5.58. The summed E-state index contributed by atoms with van der Waals surface area (Å²) < 4.78 is 2.05. The predicted octanol–water partition coefficient (Wildman–Crippen LogP) is 1.05. The van der Waals surface area contributed by atoms with Crippen molar-refractivity contribution in [2.24, 2.45) is 12.8 Å². The lowest BCUT2D eigenvalue weighted by molar-refractivity contribution is 0.443. The Hall–Kier alpha value is -0.830. The molecule has 0 aliphatic rings. The number of hydrogen-bond donors (Lipinski definition) is 1. The molecule has 0 aliphatic heterocycles. The van der Waals surface area contributed by atoms with Crippen LogP contribution < -0.4 is 5.73 Å². The molecule has 0 unspecified atom stereocenters. The Morgan fingerprint density at radius 2 is 2.25 bits per heavy atom. The van der Waals surface area contributed by atoms with Crippen LogP contribution in [-0.2, 0) is 12.5 Å². The average Bonchev–Trinajstić information content (AvgIpc) is 2.35. The monoisotopic (exact) mass is 167 g/mol. The molecule has 0 fully saturated rings. The standard InChI is InChI=1S/C9H17N3/c1-9(2,4-5-10)8-11-6-7-12(8)3/h6-7H,4-5,10H2,1-3H3. The van der Waals surface area contributed by atoms with Gasteiger partial charge in [-0.15, -0.1) is 0 Å². The van der Waals surface area contributed by atoms with E-state index in [9.17, 15) is 0 Å². The summed E-state index contributed by atoms with van der Waals surface area (Å²) in [5, 5.41) is 0. The van der Waals surface area contributed by atoms with Gasteiger partial charge in [-0.1, -0.05) is 13.8 Å². The fourth-order valence-corrected chi connectivity index (χ4v) is 1.49.